The largest absolute Gasteiger partial charge is 0.464 e. The quantitative estimate of drug-likeness (QED) is 0.729. The summed E-state index contributed by atoms with van der Waals surface area (Å²) in [5.74, 6) is -1.16. The van der Waals surface area contributed by atoms with E-state index in [1.54, 1.807) is 0 Å². The summed E-state index contributed by atoms with van der Waals surface area (Å²) in [6, 6.07) is 0. The minimum atomic E-state index is -0.667. The fraction of sp³-hybridized carbons (Fsp3) is 0.583. The average Bonchev–Trinajstić information content (AvgIpc) is 3.04. The SMILES string of the molecule is COC(=O)c1nnn(CC(=O)N2CCOC2=O)c1C(C)C. The van der Waals surface area contributed by atoms with E-state index in [-0.39, 0.29) is 31.3 Å². The summed E-state index contributed by atoms with van der Waals surface area (Å²) in [7, 11) is 1.25. The van der Waals surface area contributed by atoms with Crippen molar-refractivity contribution in [3.63, 3.8) is 0 Å². The number of aromatic nitrogens is 3. The normalized spacial score (nSPS) is 14.5. The number of nitrogens with zero attached hydrogens (tertiary/aromatic N) is 4. The van der Waals surface area contributed by atoms with E-state index in [9.17, 15) is 14.4 Å². The van der Waals surface area contributed by atoms with E-state index in [2.05, 4.69) is 15.0 Å². The van der Waals surface area contributed by atoms with Crippen LogP contribution in [-0.4, -0.2) is 58.1 Å². The minimum absolute atomic E-state index is 0.0734. The maximum absolute atomic E-state index is 12.1. The molecule has 0 unspecified atom stereocenters. The fourth-order valence-corrected chi connectivity index (χ4v) is 2.08. The molecule has 0 aliphatic carbocycles. The lowest BCUT2D eigenvalue weighted by Crippen LogP contribution is -2.35. The molecule has 9 heteroatoms. The molecule has 9 nitrogen and oxygen atoms in total. The van der Waals surface area contributed by atoms with Gasteiger partial charge in [-0.05, 0) is 5.92 Å². The maximum atomic E-state index is 12.1. The molecular formula is C12H16N4O5. The first-order valence-electron chi connectivity index (χ1n) is 6.44. The van der Waals surface area contributed by atoms with Crippen LogP contribution in [0.1, 0.15) is 35.9 Å². The molecular weight excluding hydrogens is 280 g/mol. The average molecular weight is 296 g/mol. The lowest BCUT2D eigenvalue weighted by atomic mass is 10.1. The summed E-state index contributed by atoms with van der Waals surface area (Å²) in [6.45, 7) is 3.90. The Balaban J connectivity index is 2.24. The molecule has 0 spiro atoms. The van der Waals surface area contributed by atoms with Gasteiger partial charge >= 0.3 is 12.1 Å². The number of amides is 2. The van der Waals surface area contributed by atoms with Gasteiger partial charge in [-0.3, -0.25) is 4.79 Å². The highest BCUT2D eigenvalue weighted by Crippen LogP contribution is 2.18. The van der Waals surface area contributed by atoms with E-state index >= 15 is 0 Å². The van der Waals surface area contributed by atoms with Crippen LogP contribution in [0.5, 0.6) is 0 Å². The van der Waals surface area contributed by atoms with Crippen LogP contribution in [0.25, 0.3) is 0 Å². The van der Waals surface area contributed by atoms with Gasteiger partial charge in [-0.2, -0.15) is 0 Å². The molecule has 2 heterocycles. The molecule has 2 rings (SSSR count). The summed E-state index contributed by atoms with van der Waals surface area (Å²) in [4.78, 5) is 36.1. The second-order valence-electron chi connectivity index (χ2n) is 4.79. The van der Waals surface area contributed by atoms with Gasteiger partial charge in [0, 0.05) is 0 Å². The molecule has 114 valence electrons. The fourth-order valence-electron chi connectivity index (χ4n) is 2.08. The van der Waals surface area contributed by atoms with Crippen LogP contribution < -0.4 is 0 Å². The monoisotopic (exact) mass is 296 g/mol. The van der Waals surface area contributed by atoms with Crippen molar-refractivity contribution in [1.82, 2.24) is 19.9 Å². The maximum Gasteiger partial charge on any atom is 0.416 e. The summed E-state index contributed by atoms with van der Waals surface area (Å²) in [5, 5.41) is 7.57. The zero-order valence-electron chi connectivity index (χ0n) is 12.0. The molecule has 1 aliphatic rings. The lowest BCUT2D eigenvalue weighted by molar-refractivity contribution is -0.128. The van der Waals surface area contributed by atoms with Gasteiger partial charge in [0.15, 0.2) is 5.69 Å². The van der Waals surface area contributed by atoms with Gasteiger partial charge in [0.2, 0.25) is 0 Å². The zero-order valence-corrected chi connectivity index (χ0v) is 12.0. The van der Waals surface area contributed by atoms with Gasteiger partial charge in [-0.15, -0.1) is 5.10 Å². The number of cyclic esters (lactones) is 1. The van der Waals surface area contributed by atoms with Gasteiger partial charge in [0.1, 0.15) is 13.2 Å². The van der Waals surface area contributed by atoms with Crippen molar-refractivity contribution >= 4 is 18.0 Å². The Morgan fingerprint density at radius 2 is 2.14 bits per heavy atom. The third-order valence-electron chi connectivity index (χ3n) is 3.05. The smallest absolute Gasteiger partial charge is 0.416 e. The highest BCUT2D eigenvalue weighted by atomic mass is 16.6. The summed E-state index contributed by atoms with van der Waals surface area (Å²) >= 11 is 0. The molecule has 1 saturated heterocycles. The molecule has 1 aromatic rings. The van der Waals surface area contributed by atoms with Gasteiger partial charge in [-0.25, -0.2) is 19.2 Å². The van der Waals surface area contributed by atoms with Crippen LogP contribution in [0, 0.1) is 0 Å². The van der Waals surface area contributed by atoms with E-state index in [1.165, 1.54) is 11.8 Å². The second-order valence-corrected chi connectivity index (χ2v) is 4.79. The van der Waals surface area contributed by atoms with Gasteiger partial charge < -0.3 is 9.47 Å². The molecule has 21 heavy (non-hydrogen) atoms. The summed E-state index contributed by atoms with van der Waals surface area (Å²) in [5.41, 5.74) is 0.562. The Morgan fingerprint density at radius 1 is 1.43 bits per heavy atom. The number of imide groups is 1. The predicted molar refractivity (Wildman–Crippen MR) is 68.5 cm³/mol. The molecule has 1 aliphatic heterocycles. The molecule has 1 aromatic heterocycles. The van der Waals surface area contributed by atoms with E-state index in [0.29, 0.717) is 5.69 Å². The van der Waals surface area contributed by atoms with Crippen LogP contribution in [0.3, 0.4) is 0 Å². The predicted octanol–water partition coefficient (Wildman–Crippen LogP) is 0.167. The van der Waals surface area contributed by atoms with Crippen molar-refractivity contribution in [1.29, 1.82) is 0 Å². The number of carbonyl (C=O) groups excluding carboxylic acids is 3. The number of hydrogen-bond donors (Lipinski definition) is 0. The molecule has 0 atom stereocenters. The van der Waals surface area contributed by atoms with Crippen LogP contribution in [0.4, 0.5) is 4.79 Å². The molecule has 0 bridgehead atoms. The van der Waals surface area contributed by atoms with Gasteiger partial charge in [0.05, 0.1) is 19.3 Å². The van der Waals surface area contributed by atoms with Crippen LogP contribution >= 0.6 is 0 Å². The number of carbonyl (C=O) groups is 3. The molecule has 0 saturated carbocycles. The molecule has 0 aromatic carbocycles. The lowest BCUT2D eigenvalue weighted by Gasteiger charge is -2.13. The first-order chi connectivity index (χ1) is 9.95. The Kier molecular flexibility index (Phi) is 4.20. The van der Waals surface area contributed by atoms with Crippen molar-refractivity contribution in [2.45, 2.75) is 26.3 Å². The summed E-state index contributed by atoms with van der Waals surface area (Å²) in [6.07, 6.45) is -0.667. The van der Waals surface area contributed by atoms with Crippen molar-refractivity contribution in [2.75, 3.05) is 20.3 Å². The highest BCUT2D eigenvalue weighted by Gasteiger charge is 2.30. The Labute approximate surface area is 120 Å². The van der Waals surface area contributed by atoms with Crippen LogP contribution in [-0.2, 0) is 20.8 Å². The third kappa shape index (κ3) is 2.86. The van der Waals surface area contributed by atoms with Crippen LogP contribution in [0.2, 0.25) is 0 Å². The van der Waals surface area contributed by atoms with E-state index in [1.807, 2.05) is 13.8 Å². The molecule has 0 radical (unpaired) electrons. The standard InChI is InChI=1S/C12H16N4O5/c1-7(2)10-9(11(18)20-3)13-14-16(10)6-8(17)15-4-5-21-12(15)19/h7H,4-6H2,1-3H3. The second kappa shape index (κ2) is 5.90. The third-order valence-corrected chi connectivity index (χ3v) is 3.05. The zero-order chi connectivity index (χ0) is 15.6. The Hall–Kier alpha value is -2.45. The van der Waals surface area contributed by atoms with Crippen molar-refractivity contribution in [3.05, 3.63) is 11.4 Å². The van der Waals surface area contributed by atoms with E-state index in [0.717, 1.165) is 4.90 Å². The number of hydrogen-bond acceptors (Lipinski definition) is 7. The Bertz CT molecular complexity index is 580. The van der Waals surface area contributed by atoms with Crippen LogP contribution in [0.15, 0.2) is 0 Å². The van der Waals surface area contributed by atoms with Crippen molar-refractivity contribution < 1.29 is 23.9 Å². The minimum Gasteiger partial charge on any atom is -0.464 e. The number of methoxy groups -OCH3 is 1. The summed E-state index contributed by atoms with van der Waals surface area (Å²) < 4.78 is 10.7. The number of ether oxygens (including phenoxy) is 2. The van der Waals surface area contributed by atoms with Crippen molar-refractivity contribution in [3.8, 4) is 0 Å². The van der Waals surface area contributed by atoms with Crippen molar-refractivity contribution in [2.24, 2.45) is 0 Å². The number of esters is 1. The molecule has 1 fully saturated rings. The molecule has 0 N–H and O–H groups in total. The van der Waals surface area contributed by atoms with Gasteiger partial charge in [-0.1, -0.05) is 19.1 Å². The van der Waals surface area contributed by atoms with Gasteiger partial charge in [0.25, 0.3) is 5.91 Å². The first kappa shape index (κ1) is 14.9. The molecule has 2 amide bonds. The number of rotatable bonds is 4. The first-order valence-corrected chi connectivity index (χ1v) is 6.44. The van der Waals surface area contributed by atoms with E-state index < -0.39 is 18.0 Å². The highest BCUT2D eigenvalue weighted by molar-refractivity contribution is 5.93. The topological polar surface area (TPSA) is 104 Å². The Morgan fingerprint density at radius 3 is 2.67 bits per heavy atom. The van der Waals surface area contributed by atoms with E-state index in [4.69, 9.17) is 4.74 Å².